The standard InChI is InChI=1S/C39H81NO.C8H8/c1-4-7-9-11-13-15-17-19-21-23-25-27-29-31-33-35-37-40(39-41-6-3)38-36-34-32-30-28-26-24-22-20-18-16-14-12-10-8-5-2;1-2-8-6-4-3-5-7-8/h4-39H2,1-3H3;2-7H,1H2. The van der Waals surface area contributed by atoms with Gasteiger partial charge >= 0.3 is 0 Å². The van der Waals surface area contributed by atoms with Gasteiger partial charge in [0.1, 0.15) is 0 Å². The lowest BCUT2D eigenvalue weighted by atomic mass is 10.0. The third kappa shape index (κ3) is 39.5. The number of unbranched alkanes of at least 4 members (excludes halogenated alkanes) is 30. The number of ether oxygens (including phenoxy) is 1. The minimum atomic E-state index is 0.841. The maximum Gasteiger partial charge on any atom is 0.0990 e. The molecule has 0 atom stereocenters. The van der Waals surface area contributed by atoms with Crippen LogP contribution in [0.15, 0.2) is 36.9 Å². The van der Waals surface area contributed by atoms with Gasteiger partial charge in [0.15, 0.2) is 0 Å². The molecule has 0 unspecified atom stereocenters. The van der Waals surface area contributed by atoms with Gasteiger partial charge in [-0.2, -0.15) is 0 Å². The summed E-state index contributed by atoms with van der Waals surface area (Å²) in [6, 6.07) is 10.0. The Balaban J connectivity index is 0.00000249. The molecule has 0 fully saturated rings. The normalized spacial score (nSPS) is 11.2. The Kier molecular flexibility index (Phi) is 42.1. The summed E-state index contributed by atoms with van der Waals surface area (Å²) in [5.41, 5.74) is 1.17. The van der Waals surface area contributed by atoms with E-state index in [0.717, 1.165) is 13.3 Å². The zero-order valence-corrected chi connectivity index (χ0v) is 34.0. The third-order valence-corrected chi connectivity index (χ3v) is 10.2. The number of nitrogens with zero attached hydrogens (tertiary/aromatic N) is 1. The molecule has 0 aromatic heterocycles. The molecule has 0 aliphatic rings. The van der Waals surface area contributed by atoms with Crippen LogP contribution in [-0.4, -0.2) is 31.3 Å². The second-order valence-corrected chi connectivity index (χ2v) is 15.0. The van der Waals surface area contributed by atoms with E-state index in [9.17, 15) is 0 Å². The lowest BCUT2D eigenvalue weighted by Gasteiger charge is -2.22. The van der Waals surface area contributed by atoms with E-state index in [2.05, 4.69) is 32.3 Å². The maximum absolute atomic E-state index is 5.78. The average Bonchev–Trinajstić information content (AvgIpc) is 3.13. The molecule has 2 heteroatoms. The Morgan fingerprint density at radius 3 is 0.959 bits per heavy atom. The molecule has 0 saturated heterocycles. The van der Waals surface area contributed by atoms with Crippen LogP contribution in [0.25, 0.3) is 6.08 Å². The lowest BCUT2D eigenvalue weighted by molar-refractivity contribution is 0.0334. The summed E-state index contributed by atoms with van der Waals surface area (Å²) in [4.78, 5) is 2.58. The number of benzene rings is 1. The summed E-state index contributed by atoms with van der Waals surface area (Å²) in [6.45, 7) is 14.5. The van der Waals surface area contributed by atoms with Gasteiger partial charge in [-0.05, 0) is 25.3 Å². The van der Waals surface area contributed by atoms with E-state index in [1.807, 2.05) is 36.4 Å². The van der Waals surface area contributed by atoms with Crippen molar-refractivity contribution < 1.29 is 4.74 Å². The van der Waals surface area contributed by atoms with Crippen LogP contribution in [0.5, 0.6) is 0 Å². The molecule has 1 aromatic carbocycles. The van der Waals surface area contributed by atoms with Gasteiger partial charge in [0.05, 0.1) is 6.73 Å². The molecule has 0 N–H and O–H groups in total. The second-order valence-electron chi connectivity index (χ2n) is 15.0. The Morgan fingerprint density at radius 2 is 0.714 bits per heavy atom. The number of rotatable bonds is 38. The second kappa shape index (κ2) is 43.0. The van der Waals surface area contributed by atoms with Crippen molar-refractivity contribution >= 4 is 6.08 Å². The fraction of sp³-hybridized carbons (Fsp3) is 0.830. The Labute approximate surface area is 310 Å². The van der Waals surface area contributed by atoms with E-state index >= 15 is 0 Å². The monoisotopic (exact) mass is 684 g/mol. The average molecular weight is 684 g/mol. The summed E-state index contributed by atoms with van der Waals surface area (Å²) < 4.78 is 5.78. The first kappa shape index (κ1) is 47.9. The minimum absolute atomic E-state index is 0.841. The van der Waals surface area contributed by atoms with Crippen molar-refractivity contribution in [3.63, 3.8) is 0 Å². The van der Waals surface area contributed by atoms with Crippen LogP contribution in [0.4, 0.5) is 0 Å². The zero-order valence-electron chi connectivity index (χ0n) is 34.0. The van der Waals surface area contributed by atoms with Gasteiger partial charge in [0.2, 0.25) is 0 Å². The summed E-state index contributed by atoms with van der Waals surface area (Å²) >= 11 is 0. The highest BCUT2D eigenvalue weighted by Crippen LogP contribution is 2.16. The molecule has 49 heavy (non-hydrogen) atoms. The fourth-order valence-corrected chi connectivity index (χ4v) is 6.82. The van der Waals surface area contributed by atoms with Crippen LogP contribution in [0.1, 0.15) is 232 Å². The van der Waals surface area contributed by atoms with Gasteiger partial charge in [-0.25, -0.2) is 0 Å². The first-order valence-electron chi connectivity index (χ1n) is 22.3. The van der Waals surface area contributed by atoms with E-state index in [-0.39, 0.29) is 0 Å². The van der Waals surface area contributed by atoms with E-state index in [4.69, 9.17) is 4.74 Å². The van der Waals surface area contributed by atoms with Crippen molar-refractivity contribution in [3.05, 3.63) is 42.5 Å². The Hall–Kier alpha value is -1.12. The minimum Gasteiger partial charge on any atom is -0.366 e. The van der Waals surface area contributed by atoms with Crippen molar-refractivity contribution in [1.29, 1.82) is 0 Å². The first-order chi connectivity index (χ1) is 24.3. The molecule has 0 aliphatic heterocycles. The van der Waals surface area contributed by atoms with Crippen LogP contribution in [-0.2, 0) is 4.74 Å². The van der Waals surface area contributed by atoms with Gasteiger partial charge in [0.25, 0.3) is 0 Å². The molecule has 0 radical (unpaired) electrons. The van der Waals surface area contributed by atoms with Gasteiger partial charge in [0, 0.05) is 19.7 Å². The molecular weight excluding hydrogens is 595 g/mol. The molecule has 0 bridgehead atoms. The molecule has 1 rings (SSSR count). The highest BCUT2D eigenvalue weighted by Gasteiger charge is 2.05. The van der Waals surface area contributed by atoms with E-state index in [0.29, 0.717) is 0 Å². The van der Waals surface area contributed by atoms with Crippen LogP contribution in [0.2, 0.25) is 0 Å². The fourth-order valence-electron chi connectivity index (χ4n) is 6.82. The van der Waals surface area contributed by atoms with Gasteiger partial charge in [-0.1, -0.05) is 249 Å². The van der Waals surface area contributed by atoms with Crippen molar-refractivity contribution in [2.45, 2.75) is 226 Å². The van der Waals surface area contributed by atoms with Crippen molar-refractivity contribution in [2.75, 3.05) is 26.4 Å². The quantitative estimate of drug-likeness (QED) is 0.0508. The van der Waals surface area contributed by atoms with Crippen molar-refractivity contribution in [2.24, 2.45) is 0 Å². The maximum atomic E-state index is 5.78. The summed E-state index contributed by atoms with van der Waals surface area (Å²) in [5, 5.41) is 0. The molecule has 1 aromatic rings. The van der Waals surface area contributed by atoms with Gasteiger partial charge in [-0.15, -0.1) is 0 Å². The Morgan fingerprint density at radius 1 is 0.429 bits per heavy atom. The summed E-state index contributed by atoms with van der Waals surface area (Å²) in [7, 11) is 0. The predicted molar refractivity (Wildman–Crippen MR) is 224 cm³/mol. The molecule has 0 aliphatic carbocycles. The largest absolute Gasteiger partial charge is 0.366 e. The molecule has 0 spiro atoms. The Bertz CT molecular complexity index is 682. The van der Waals surface area contributed by atoms with Crippen LogP contribution < -0.4 is 0 Å². The number of hydrogen-bond donors (Lipinski definition) is 0. The van der Waals surface area contributed by atoms with Crippen LogP contribution in [0, 0.1) is 0 Å². The zero-order chi connectivity index (χ0) is 35.6. The van der Waals surface area contributed by atoms with Crippen LogP contribution >= 0.6 is 0 Å². The van der Waals surface area contributed by atoms with Gasteiger partial charge < -0.3 is 4.74 Å². The van der Waals surface area contributed by atoms with Crippen LogP contribution in [0.3, 0.4) is 0 Å². The van der Waals surface area contributed by atoms with E-state index < -0.39 is 0 Å². The molecule has 288 valence electrons. The van der Waals surface area contributed by atoms with E-state index in [1.165, 1.54) is 224 Å². The topological polar surface area (TPSA) is 12.5 Å². The molecule has 0 amide bonds. The lowest BCUT2D eigenvalue weighted by Crippen LogP contribution is -2.28. The molecular formula is C47H89NO. The SMILES string of the molecule is C=Cc1ccccc1.CCCCCCCCCCCCCCCCCCN(CCCCCCCCCCCCCCCCCC)COCC. The number of hydrogen-bond acceptors (Lipinski definition) is 2. The smallest absolute Gasteiger partial charge is 0.0990 e. The third-order valence-electron chi connectivity index (χ3n) is 10.2. The van der Waals surface area contributed by atoms with Crippen molar-refractivity contribution in [3.8, 4) is 0 Å². The summed E-state index contributed by atoms with van der Waals surface area (Å²) in [6.07, 6.45) is 48.1. The highest BCUT2D eigenvalue weighted by atomic mass is 16.5. The highest BCUT2D eigenvalue weighted by molar-refractivity contribution is 5.45. The van der Waals surface area contributed by atoms with Gasteiger partial charge in [-0.3, -0.25) is 4.90 Å². The molecule has 0 saturated carbocycles. The molecule has 0 heterocycles. The summed E-state index contributed by atoms with van der Waals surface area (Å²) in [5.74, 6) is 0. The van der Waals surface area contributed by atoms with E-state index in [1.54, 1.807) is 0 Å². The predicted octanol–water partition coefficient (Wildman–Crippen LogP) is 16.1. The molecule has 2 nitrogen and oxygen atoms in total. The first-order valence-corrected chi connectivity index (χ1v) is 22.3. The van der Waals surface area contributed by atoms with Crippen molar-refractivity contribution in [1.82, 2.24) is 4.90 Å².